The predicted molar refractivity (Wildman–Crippen MR) is 65.6 cm³/mol. The fourth-order valence-corrected chi connectivity index (χ4v) is 2.64. The van der Waals surface area contributed by atoms with Crippen LogP contribution < -0.4 is 5.32 Å². The van der Waals surface area contributed by atoms with Crippen molar-refractivity contribution in [1.29, 1.82) is 0 Å². The summed E-state index contributed by atoms with van der Waals surface area (Å²) in [5, 5.41) is 20.4. The summed E-state index contributed by atoms with van der Waals surface area (Å²) in [6.07, 6.45) is 0.694. The number of carboxylic acids is 1. The summed E-state index contributed by atoms with van der Waals surface area (Å²) in [6, 6.07) is -1.19. The number of likely N-dealkylation sites (tertiary alicyclic amines) is 1. The first-order chi connectivity index (χ1) is 8.49. The molecule has 2 atom stereocenters. The van der Waals surface area contributed by atoms with Gasteiger partial charge in [0.2, 0.25) is 5.13 Å². The summed E-state index contributed by atoms with van der Waals surface area (Å²) in [6.45, 7) is 4.06. The van der Waals surface area contributed by atoms with Gasteiger partial charge in [0.05, 0.1) is 0 Å². The van der Waals surface area contributed by atoms with E-state index in [2.05, 4.69) is 15.5 Å². The molecule has 0 radical (unpaired) electrons. The first-order valence-corrected chi connectivity index (χ1v) is 6.41. The molecular formula is C10H14N4O3S. The smallest absolute Gasteiger partial charge is 0.326 e. The van der Waals surface area contributed by atoms with Crippen molar-refractivity contribution in [3.05, 3.63) is 5.01 Å². The molecule has 0 spiro atoms. The molecule has 0 aromatic carbocycles. The maximum Gasteiger partial charge on any atom is 0.326 e. The van der Waals surface area contributed by atoms with Crippen LogP contribution in [0.3, 0.4) is 0 Å². The van der Waals surface area contributed by atoms with Gasteiger partial charge in [-0.2, -0.15) is 0 Å². The molecule has 1 aliphatic rings. The third kappa shape index (κ3) is 2.42. The molecule has 98 valence electrons. The second kappa shape index (κ2) is 4.89. The molecule has 1 aromatic heterocycles. The van der Waals surface area contributed by atoms with Crippen LogP contribution in [0.25, 0.3) is 0 Å². The fraction of sp³-hybridized carbons (Fsp3) is 0.600. The van der Waals surface area contributed by atoms with Gasteiger partial charge in [-0.3, -0.25) is 5.32 Å². The molecule has 1 aliphatic heterocycles. The average Bonchev–Trinajstić information content (AvgIpc) is 2.84. The number of nitrogens with one attached hydrogen (secondary N) is 1. The number of aromatic nitrogens is 2. The minimum absolute atomic E-state index is 0.0376. The van der Waals surface area contributed by atoms with E-state index in [1.165, 1.54) is 16.2 Å². The standard InChI is InChI=1S/C10H14N4O3S/c1-5-3-4-14(7(5)8(15)16)10(17)11-9-13-12-6(2)18-9/h5,7H,3-4H2,1-2H3,(H,15,16)(H,11,13,17). The third-order valence-electron chi connectivity index (χ3n) is 2.95. The quantitative estimate of drug-likeness (QED) is 0.841. The molecule has 1 saturated heterocycles. The highest BCUT2D eigenvalue weighted by molar-refractivity contribution is 7.15. The zero-order chi connectivity index (χ0) is 13.3. The van der Waals surface area contributed by atoms with Crippen molar-refractivity contribution in [2.45, 2.75) is 26.3 Å². The number of aliphatic carboxylic acids is 1. The van der Waals surface area contributed by atoms with E-state index < -0.39 is 18.0 Å². The van der Waals surface area contributed by atoms with Gasteiger partial charge in [0.1, 0.15) is 11.0 Å². The lowest BCUT2D eigenvalue weighted by atomic mass is 10.0. The Morgan fingerprint density at radius 1 is 1.50 bits per heavy atom. The van der Waals surface area contributed by atoms with Crippen LogP contribution in [0, 0.1) is 12.8 Å². The Morgan fingerprint density at radius 2 is 2.22 bits per heavy atom. The molecule has 2 rings (SSSR count). The van der Waals surface area contributed by atoms with Crippen LogP contribution in [0.4, 0.5) is 9.93 Å². The van der Waals surface area contributed by atoms with Crippen molar-refractivity contribution in [2.24, 2.45) is 5.92 Å². The van der Waals surface area contributed by atoms with Crippen molar-refractivity contribution < 1.29 is 14.7 Å². The minimum atomic E-state index is -0.969. The maximum absolute atomic E-state index is 12.0. The largest absolute Gasteiger partial charge is 0.480 e. The minimum Gasteiger partial charge on any atom is -0.480 e. The molecule has 2 heterocycles. The average molecular weight is 270 g/mol. The molecule has 0 aliphatic carbocycles. The number of urea groups is 1. The molecule has 18 heavy (non-hydrogen) atoms. The molecule has 0 bridgehead atoms. The first kappa shape index (κ1) is 12.7. The van der Waals surface area contributed by atoms with Crippen molar-refractivity contribution >= 4 is 28.5 Å². The number of carbonyl (C=O) groups excluding carboxylic acids is 1. The van der Waals surface area contributed by atoms with Crippen LogP contribution in [0.1, 0.15) is 18.4 Å². The van der Waals surface area contributed by atoms with Crippen LogP contribution in [0.2, 0.25) is 0 Å². The number of aryl methyl sites for hydroxylation is 1. The Balaban J connectivity index is 2.07. The highest BCUT2D eigenvalue weighted by Gasteiger charge is 2.39. The van der Waals surface area contributed by atoms with Gasteiger partial charge in [0.25, 0.3) is 0 Å². The van der Waals surface area contributed by atoms with E-state index in [1.807, 2.05) is 6.92 Å². The number of nitrogens with zero attached hydrogens (tertiary/aromatic N) is 3. The molecule has 1 fully saturated rings. The number of carboxylic acid groups (broad SMARTS) is 1. The van der Waals surface area contributed by atoms with Crippen LogP contribution in [0.5, 0.6) is 0 Å². The third-order valence-corrected chi connectivity index (χ3v) is 3.71. The molecule has 2 amide bonds. The lowest BCUT2D eigenvalue weighted by Crippen LogP contribution is -2.44. The Kier molecular flexibility index (Phi) is 3.46. The molecule has 7 nitrogen and oxygen atoms in total. The summed E-state index contributed by atoms with van der Waals surface area (Å²) < 4.78 is 0. The topological polar surface area (TPSA) is 95.4 Å². The molecule has 1 aromatic rings. The summed E-state index contributed by atoms with van der Waals surface area (Å²) in [7, 11) is 0. The molecule has 8 heteroatoms. The second-order valence-corrected chi connectivity index (χ2v) is 5.48. The van der Waals surface area contributed by atoms with Gasteiger partial charge >= 0.3 is 12.0 Å². The lowest BCUT2D eigenvalue weighted by Gasteiger charge is -2.22. The van der Waals surface area contributed by atoms with Crippen molar-refractivity contribution in [3.8, 4) is 0 Å². The summed E-state index contributed by atoms with van der Waals surface area (Å²) in [4.78, 5) is 24.4. The van der Waals surface area contributed by atoms with E-state index in [0.717, 1.165) is 5.01 Å². The van der Waals surface area contributed by atoms with Gasteiger partial charge in [0, 0.05) is 6.54 Å². The van der Waals surface area contributed by atoms with E-state index >= 15 is 0 Å². The van der Waals surface area contributed by atoms with Crippen molar-refractivity contribution in [1.82, 2.24) is 15.1 Å². The summed E-state index contributed by atoms with van der Waals surface area (Å²) in [5.41, 5.74) is 0. The Labute approximate surface area is 108 Å². The number of anilines is 1. The SMILES string of the molecule is Cc1nnc(NC(=O)N2CCC(C)C2C(=O)O)s1. The number of rotatable bonds is 2. The number of amides is 2. The van der Waals surface area contributed by atoms with Crippen LogP contribution in [0.15, 0.2) is 0 Å². The Morgan fingerprint density at radius 3 is 2.78 bits per heavy atom. The molecular weight excluding hydrogens is 256 g/mol. The summed E-state index contributed by atoms with van der Waals surface area (Å²) in [5.74, 6) is -1.01. The molecule has 2 N–H and O–H groups in total. The van der Waals surface area contributed by atoms with Crippen LogP contribution in [-0.4, -0.2) is 44.8 Å². The number of carbonyl (C=O) groups is 2. The van der Waals surface area contributed by atoms with Gasteiger partial charge < -0.3 is 10.0 Å². The highest BCUT2D eigenvalue weighted by Crippen LogP contribution is 2.25. The van der Waals surface area contributed by atoms with Crippen molar-refractivity contribution in [3.63, 3.8) is 0 Å². The predicted octanol–water partition coefficient (Wildman–Crippen LogP) is 1.17. The number of hydrogen-bond acceptors (Lipinski definition) is 5. The molecule has 0 saturated carbocycles. The zero-order valence-electron chi connectivity index (χ0n) is 10.1. The highest BCUT2D eigenvalue weighted by atomic mass is 32.1. The van der Waals surface area contributed by atoms with Crippen LogP contribution in [-0.2, 0) is 4.79 Å². The maximum atomic E-state index is 12.0. The zero-order valence-corrected chi connectivity index (χ0v) is 10.9. The number of hydrogen-bond donors (Lipinski definition) is 2. The normalized spacial score (nSPS) is 23.1. The van der Waals surface area contributed by atoms with Gasteiger partial charge in [-0.25, -0.2) is 9.59 Å². The fourth-order valence-electron chi connectivity index (χ4n) is 2.06. The van der Waals surface area contributed by atoms with Crippen molar-refractivity contribution in [2.75, 3.05) is 11.9 Å². The lowest BCUT2D eigenvalue weighted by molar-refractivity contribution is -0.142. The van der Waals surface area contributed by atoms with Gasteiger partial charge in [-0.15, -0.1) is 10.2 Å². The first-order valence-electron chi connectivity index (χ1n) is 5.59. The van der Waals surface area contributed by atoms with Gasteiger partial charge in [-0.05, 0) is 19.3 Å². The van der Waals surface area contributed by atoms with E-state index in [0.29, 0.717) is 18.1 Å². The van der Waals surface area contributed by atoms with Gasteiger partial charge in [-0.1, -0.05) is 18.3 Å². The molecule has 2 unspecified atom stereocenters. The monoisotopic (exact) mass is 270 g/mol. The van der Waals surface area contributed by atoms with Gasteiger partial charge in [0.15, 0.2) is 0 Å². The Bertz CT molecular complexity index is 475. The van der Waals surface area contributed by atoms with E-state index in [-0.39, 0.29) is 5.92 Å². The van der Waals surface area contributed by atoms with Crippen LogP contribution >= 0.6 is 11.3 Å². The van der Waals surface area contributed by atoms with E-state index in [4.69, 9.17) is 5.11 Å². The second-order valence-electron chi connectivity index (χ2n) is 4.30. The summed E-state index contributed by atoms with van der Waals surface area (Å²) >= 11 is 1.26. The Hall–Kier alpha value is -1.70. The van der Waals surface area contributed by atoms with E-state index in [9.17, 15) is 9.59 Å². The van der Waals surface area contributed by atoms with E-state index in [1.54, 1.807) is 6.92 Å².